The van der Waals surface area contributed by atoms with Crippen LogP contribution in [0.1, 0.15) is 25.8 Å². The van der Waals surface area contributed by atoms with Crippen molar-refractivity contribution in [3.8, 4) is 0 Å². The molecule has 1 aromatic carbocycles. The van der Waals surface area contributed by atoms with Gasteiger partial charge in [0.15, 0.2) is 0 Å². The van der Waals surface area contributed by atoms with E-state index >= 15 is 0 Å². The van der Waals surface area contributed by atoms with Crippen LogP contribution in [0.2, 0.25) is 0 Å². The summed E-state index contributed by atoms with van der Waals surface area (Å²) in [7, 11) is 2.14. The van der Waals surface area contributed by atoms with Gasteiger partial charge < -0.3 is 10.6 Å². The van der Waals surface area contributed by atoms with E-state index in [1.54, 1.807) is 0 Å². The van der Waals surface area contributed by atoms with Crippen molar-refractivity contribution in [2.75, 3.05) is 20.1 Å². The van der Waals surface area contributed by atoms with E-state index in [0.29, 0.717) is 0 Å². The molecule has 1 atom stereocenters. The normalized spacial score (nSPS) is 15.1. The van der Waals surface area contributed by atoms with Crippen LogP contribution in [0.15, 0.2) is 30.3 Å². The Morgan fingerprint density at radius 3 is 2.44 bits per heavy atom. The van der Waals surface area contributed by atoms with Crippen molar-refractivity contribution in [1.82, 2.24) is 4.90 Å². The number of hydrogen-bond acceptors (Lipinski definition) is 2. The van der Waals surface area contributed by atoms with E-state index in [4.69, 9.17) is 5.73 Å². The van der Waals surface area contributed by atoms with Gasteiger partial charge in [-0.25, -0.2) is 0 Å². The van der Waals surface area contributed by atoms with Gasteiger partial charge in [-0.15, -0.1) is 0 Å². The van der Waals surface area contributed by atoms with Crippen molar-refractivity contribution in [3.63, 3.8) is 0 Å². The molecule has 0 aliphatic heterocycles. The molecule has 0 aliphatic carbocycles. The first-order valence-electron chi connectivity index (χ1n) is 6.05. The summed E-state index contributed by atoms with van der Waals surface area (Å²) in [5, 5.41) is 0. The van der Waals surface area contributed by atoms with Gasteiger partial charge in [-0.1, -0.05) is 37.3 Å². The summed E-state index contributed by atoms with van der Waals surface area (Å²) < 4.78 is 0. The standard InChI is InChI=1S/C14H24N2/c1-4-14(2,15)12-16(3)11-10-13-8-6-5-7-9-13/h5-9H,4,10-12,15H2,1-3H3. The summed E-state index contributed by atoms with van der Waals surface area (Å²) in [6.45, 7) is 6.28. The summed E-state index contributed by atoms with van der Waals surface area (Å²) in [5.74, 6) is 0. The Morgan fingerprint density at radius 1 is 1.25 bits per heavy atom. The predicted molar refractivity (Wildman–Crippen MR) is 70.5 cm³/mol. The zero-order chi connectivity index (χ0) is 12.0. The monoisotopic (exact) mass is 220 g/mol. The van der Waals surface area contributed by atoms with Crippen molar-refractivity contribution in [1.29, 1.82) is 0 Å². The fourth-order valence-electron chi connectivity index (χ4n) is 1.77. The number of rotatable bonds is 6. The maximum atomic E-state index is 6.14. The number of benzene rings is 1. The smallest absolute Gasteiger partial charge is 0.0252 e. The number of hydrogen-bond donors (Lipinski definition) is 1. The van der Waals surface area contributed by atoms with Gasteiger partial charge in [0.05, 0.1) is 0 Å². The number of nitrogens with two attached hydrogens (primary N) is 1. The van der Waals surface area contributed by atoms with Crippen molar-refractivity contribution in [2.45, 2.75) is 32.2 Å². The van der Waals surface area contributed by atoms with E-state index in [0.717, 1.165) is 25.9 Å². The molecular weight excluding hydrogens is 196 g/mol. The van der Waals surface area contributed by atoms with E-state index < -0.39 is 0 Å². The Labute approximate surface area is 99.5 Å². The summed E-state index contributed by atoms with van der Waals surface area (Å²) in [6.07, 6.45) is 2.11. The summed E-state index contributed by atoms with van der Waals surface area (Å²) in [5.41, 5.74) is 7.47. The molecule has 2 N–H and O–H groups in total. The van der Waals surface area contributed by atoms with Crippen LogP contribution in [-0.2, 0) is 6.42 Å². The third-order valence-electron chi connectivity index (χ3n) is 3.06. The Bertz CT molecular complexity index is 293. The first-order valence-corrected chi connectivity index (χ1v) is 6.05. The maximum Gasteiger partial charge on any atom is 0.0252 e. The first-order chi connectivity index (χ1) is 7.53. The topological polar surface area (TPSA) is 29.3 Å². The van der Waals surface area contributed by atoms with Gasteiger partial charge in [-0.05, 0) is 32.4 Å². The zero-order valence-corrected chi connectivity index (χ0v) is 10.7. The summed E-state index contributed by atoms with van der Waals surface area (Å²) in [6, 6.07) is 10.6. The minimum Gasteiger partial charge on any atom is -0.324 e. The van der Waals surface area contributed by atoms with E-state index in [1.165, 1.54) is 5.56 Å². The molecule has 0 aliphatic rings. The van der Waals surface area contributed by atoms with Gasteiger partial charge in [-0.3, -0.25) is 0 Å². The Morgan fingerprint density at radius 2 is 1.88 bits per heavy atom. The predicted octanol–water partition coefficient (Wildman–Crippen LogP) is 2.29. The molecule has 1 rings (SSSR count). The highest BCUT2D eigenvalue weighted by molar-refractivity contribution is 5.14. The fourth-order valence-corrected chi connectivity index (χ4v) is 1.77. The lowest BCUT2D eigenvalue weighted by Crippen LogP contribution is -2.46. The van der Waals surface area contributed by atoms with E-state index in [9.17, 15) is 0 Å². The van der Waals surface area contributed by atoms with Gasteiger partial charge >= 0.3 is 0 Å². The van der Waals surface area contributed by atoms with E-state index in [1.807, 2.05) is 0 Å². The van der Waals surface area contributed by atoms with Crippen LogP contribution >= 0.6 is 0 Å². The van der Waals surface area contributed by atoms with Gasteiger partial charge in [0.1, 0.15) is 0 Å². The molecule has 0 bridgehead atoms. The van der Waals surface area contributed by atoms with E-state index in [-0.39, 0.29) is 5.54 Å². The van der Waals surface area contributed by atoms with Crippen molar-refractivity contribution in [3.05, 3.63) is 35.9 Å². The van der Waals surface area contributed by atoms with Crippen LogP contribution in [0, 0.1) is 0 Å². The van der Waals surface area contributed by atoms with Crippen LogP contribution in [0.4, 0.5) is 0 Å². The van der Waals surface area contributed by atoms with Crippen molar-refractivity contribution >= 4 is 0 Å². The molecule has 2 nitrogen and oxygen atoms in total. The second kappa shape index (κ2) is 6.02. The van der Waals surface area contributed by atoms with E-state index in [2.05, 4.69) is 56.1 Å². The lowest BCUT2D eigenvalue weighted by atomic mass is 10.00. The lowest BCUT2D eigenvalue weighted by Gasteiger charge is -2.29. The highest BCUT2D eigenvalue weighted by Gasteiger charge is 2.17. The van der Waals surface area contributed by atoms with Gasteiger partial charge in [0.25, 0.3) is 0 Å². The van der Waals surface area contributed by atoms with Gasteiger partial charge in [-0.2, -0.15) is 0 Å². The minimum absolute atomic E-state index is 0.0640. The average molecular weight is 220 g/mol. The third kappa shape index (κ3) is 4.77. The Kier molecular flexibility index (Phi) is 4.97. The molecule has 0 saturated heterocycles. The molecule has 1 unspecified atom stereocenters. The highest BCUT2D eigenvalue weighted by atomic mass is 15.1. The first kappa shape index (κ1) is 13.2. The minimum atomic E-state index is -0.0640. The Hall–Kier alpha value is -0.860. The number of likely N-dealkylation sites (N-methyl/N-ethyl adjacent to an activating group) is 1. The van der Waals surface area contributed by atoms with Crippen LogP contribution in [0.25, 0.3) is 0 Å². The molecule has 0 heterocycles. The SMILES string of the molecule is CCC(C)(N)CN(C)CCc1ccccc1. The summed E-state index contributed by atoms with van der Waals surface area (Å²) in [4.78, 5) is 2.32. The quantitative estimate of drug-likeness (QED) is 0.797. The van der Waals surface area contributed by atoms with Gasteiger partial charge in [0, 0.05) is 18.6 Å². The third-order valence-corrected chi connectivity index (χ3v) is 3.06. The van der Waals surface area contributed by atoms with Crippen LogP contribution < -0.4 is 5.73 Å². The van der Waals surface area contributed by atoms with Crippen molar-refractivity contribution < 1.29 is 0 Å². The Balaban J connectivity index is 2.33. The molecule has 90 valence electrons. The molecule has 0 aromatic heterocycles. The fraction of sp³-hybridized carbons (Fsp3) is 0.571. The largest absolute Gasteiger partial charge is 0.324 e. The van der Waals surface area contributed by atoms with Crippen LogP contribution in [-0.4, -0.2) is 30.6 Å². The molecule has 1 aromatic rings. The molecular formula is C14H24N2. The second-order valence-electron chi connectivity index (χ2n) is 4.98. The molecule has 0 fully saturated rings. The second-order valence-corrected chi connectivity index (χ2v) is 4.98. The molecule has 0 amide bonds. The number of nitrogens with zero attached hydrogens (tertiary/aromatic N) is 1. The van der Waals surface area contributed by atoms with Crippen LogP contribution in [0.3, 0.4) is 0 Å². The highest BCUT2D eigenvalue weighted by Crippen LogP contribution is 2.07. The van der Waals surface area contributed by atoms with Crippen LogP contribution in [0.5, 0.6) is 0 Å². The lowest BCUT2D eigenvalue weighted by molar-refractivity contribution is 0.255. The molecule has 2 heteroatoms. The molecule has 0 radical (unpaired) electrons. The van der Waals surface area contributed by atoms with Gasteiger partial charge in [0.2, 0.25) is 0 Å². The summed E-state index contributed by atoms with van der Waals surface area (Å²) >= 11 is 0. The molecule has 0 saturated carbocycles. The van der Waals surface area contributed by atoms with Crippen molar-refractivity contribution in [2.24, 2.45) is 5.73 Å². The molecule has 0 spiro atoms. The zero-order valence-electron chi connectivity index (χ0n) is 10.7. The molecule has 16 heavy (non-hydrogen) atoms. The average Bonchev–Trinajstić information content (AvgIpc) is 2.27. The maximum absolute atomic E-state index is 6.14.